The fourth-order valence-electron chi connectivity index (χ4n) is 6.18. The Morgan fingerprint density at radius 2 is 1.13 bits per heavy atom. The standard InChI is InChI=1S/C41H39N3S/c1-45(36-24-12-5-13-25-36,37-26-14-6-15-27-37,38-28-16-7-17-29-38)39-30-18-23-35(31-39)41(43-32-33-19-8-2-3-9-20-33)44-40(42)34-21-10-4-11-22-34/h2-8,10-31,45H,9,32H2,1H3,(H2,42,43,44). The average Bonchev–Trinajstić information content (AvgIpc) is 3.40. The molecule has 0 unspecified atom stereocenters. The van der Waals surface area contributed by atoms with E-state index in [1.807, 2.05) is 30.3 Å². The summed E-state index contributed by atoms with van der Waals surface area (Å²) in [6.45, 7) is 0.509. The van der Waals surface area contributed by atoms with Gasteiger partial charge in [-0.1, -0.05) is 170 Å². The van der Waals surface area contributed by atoms with Gasteiger partial charge in [-0.25, -0.2) is 14.2 Å². The summed E-state index contributed by atoms with van der Waals surface area (Å²) < 4.78 is 0. The van der Waals surface area contributed by atoms with Crippen molar-refractivity contribution in [1.29, 1.82) is 0 Å². The van der Waals surface area contributed by atoms with E-state index in [9.17, 15) is 0 Å². The predicted octanol–water partition coefficient (Wildman–Crippen LogP) is 9.52. The van der Waals surface area contributed by atoms with Crippen LogP contribution in [-0.4, -0.2) is 24.5 Å². The number of thiol groups is 1. The van der Waals surface area contributed by atoms with E-state index < -0.39 is 9.16 Å². The average molecular weight is 606 g/mol. The van der Waals surface area contributed by atoms with Crippen molar-refractivity contribution in [2.24, 2.45) is 15.7 Å². The molecule has 0 atom stereocenters. The maximum absolute atomic E-state index is 6.63. The first kappa shape index (κ1) is 29.9. The molecule has 5 aromatic rings. The molecule has 3 nitrogen and oxygen atoms in total. The lowest BCUT2D eigenvalue weighted by molar-refractivity contribution is 1.15. The third-order valence-corrected chi connectivity index (χ3v) is 15.1. The van der Waals surface area contributed by atoms with Crippen molar-refractivity contribution in [3.63, 3.8) is 0 Å². The van der Waals surface area contributed by atoms with Crippen molar-refractivity contribution < 1.29 is 0 Å². The number of amidine groups is 2. The SMILES string of the molecule is C[SH](c1ccccc1)(c1ccccc1)(c1ccccc1)c1cccc(C(/N=C(\N)c2ccccc2)=N/CC2=CCC=CC=C2)c1. The van der Waals surface area contributed by atoms with Gasteiger partial charge in [0.05, 0.1) is 6.54 Å². The molecule has 0 saturated carbocycles. The number of benzene rings is 5. The maximum atomic E-state index is 6.63. The van der Waals surface area contributed by atoms with Crippen molar-refractivity contribution in [3.05, 3.63) is 193 Å². The van der Waals surface area contributed by atoms with Gasteiger partial charge in [-0.2, -0.15) is 0 Å². The molecular formula is C41H39N3S. The molecule has 0 saturated heterocycles. The van der Waals surface area contributed by atoms with Gasteiger partial charge in [-0.15, -0.1) is 0 Å². The lowest BCUT2D eigenvalue weighted by Gasteiger charge is -2.60. The summed E-state index contributed by atoms with van der Waals surface area (Å²) in [6, 6.07) is 51.6. The number of hydrogen-bond acceptors (Lipinski definition) is 1. The van der Waals surface area contributed by atoms with Crippen LogP contribution in [0.2, 0.25) is 0 Å². The van der Waals surface area contributed by atoms with Crippen LogP contribution in [0, 0.1) is 0 Å². The van der Waals surface area contributed by atoms with Gasteiger partial charge in [-0.05, 0) is 43.9 Å². The van der Waals surface area contributed by atoms with Crippen LogP contribution in [0.1, 0.15) is 17.5 Å². The molecule has 0 aromatic heterocycles. The smallest absolute Gasteiger partial charge is 0.157 e. The molecule has 0 bridgehead atoms. The molecule has 0 spiro atoms. The lowest BCUT2D eigenvalue weighted by Crippen LogP contribution is -2.20. The summed E-state index contributed by atoms with van der Waals surface area (Å²) in [4.78, 5) is 15.2. The number of aliphatic imine (C=N–C) groups is 2. The van der Waals surface area contributed by atoms with Gasteiger partial charge in [0.1, 0.15) is 5.84 Å². The molecule has 4 heteroatoms. The first-order valence-electron chi connectivity index (χ1n) is 15.3. The molecule has 45 heavy (non-hydrogen) atoms. The highest BCUT2D eigenvalue weighted by molar-refractivity contribution is 8.49. The van der Waals surface area contributed by atoms with Gasteiger partial charge in [0.2, 0.25) is 0 Å². The van der Waals surface area contributed by atoms with E-state index in [4.69, 9.17) is 15.7 Å². The summed E-state index contributed by atoms with van der Waals surface area (Å²) >= 11 is 0. The zero-order chi connectivity index (χ0) is 31.0. The Kier molecular flexibility index (Phi) is 8.77. The van der Waals surface area contributed by atoms with Gasteiger partial charge in [0, 0.05) is 11.1 Å². The first-order valence-corrected chi connectivity index (χ1v) is 18.0. The van der Waals surface area contributed by atoms with E-state index in [-0.39, 0.29) is 0 Å². The molecular weight excluding hydrogens is 567 g/mol. The largest absolute Gasteiger partial charge is 0.383 e. The van der Waals surface area contributed by atoms with E-state index >= 15 is 0 Å². The van der Waals surface area contributed by atoms with Crippen molar-refractivity contribution in [2.45, 2.75) is 26.0 Å². The second kappa shape index (κ2) is 13.2. The Bertz CT molecular complexity index is 1810. The second-order valence-corrected chi connectivity index (χ2v) is 16.6. The van der Waals surface area contributed by atoms with Crippen LogP contribution >= 0.6 is 9.16 Å². The quantitative estimate of drug-likeness (QED) is 0.103. The van der Waals surface area contributed by atoms with E-state index in [1.165, 1.54) is 19.6 Å². The van der Waals surface area contributed by atoms with Crippen LogP contribution in [0.15, 0.2) is 211 Å². The van der Waals surface area contributed by atoms with Crippen LogP contribution in [0.5, 0.6) is 0 Å². The summed E-state index contributed by atoms with van der Waals surface area (Å²) in [5.74, 6) is 1.05. The van der Waals surface area contributed by atoms with Crippen molar-refractivity contribution >= 4 is 20.8 Å². The molecule has 0 amide bonds. The van der Waals surface area contributed by atoms with Gasteiger partial charge in [0.15, 0.2) is 5.84 Å². The van der Waals surface area contributed by atoms with E-state index in [1.54, 1.807) is 0 Å². The summed E-state index contributed by atoms with van der Waals surface area (Å²) in [5, 5.41) is 0. The molecule has 1 aliphatic rings. The van der Waals surface area contributed by atoms with Gasteiger partial charge >= 0.3 is 0 Å². The molecule has 0 fully saturated rings. The molecule has 224 valence electrons. The Morgan fingerprint density at radius 1 is 0.622 bits per heavy atom. The fourth-order valence-corrected chi connectivity index (χ4v) is 11.6. The molecule has 0 radical (unpaired) electrons. The minimum absolute atomic E-state index is 0.440. The zero-order valence-corrected chi connectivity index (χ0v) is 26.5. The van der Waals surface area contributed by atoms with Gasteiger partial charge < -0.3 is 5.73 Å². The highest BCUT2D eigenvalue weighted by atomic mass is 32.3. The molecule has 1 aliphatic carbocycles. The summed E-state index contributed by atoms with van der Waals surface area (Å²) in [6.07, 6.45) is 14.0. The van der Waals surface area contributed by atoms with E-state index in [0.717, 1.165) is 23.1 Å². The van der Waals surface area contributed by atoms with Gasteiger partial charge in [0.25, 0.3) is 0 Å². The van der Waals surface area contributed by atoms with Crippen LogP contribution in [0.3, 0.4) is 0 Å². The Balaban J connectivity index is 1.59. The number of allylic oxidation sites excluding steroid dienone is 4. The zero-order valence-electron chi connectivity index (χ0n) is 25.6. The summed E-state index contributed by atoms with van der Waals surface area (Å²) in [7, 11) is -3.24. The van der Waals surface area contributed by atoms with Crippen molar-refractivity contribution in [1.82, 2.24) is 0 Å². The highest BCUT2D eigenvalue weighted by Crippen LogP contribution is 2.87. The normalized spacial score (nSPS) is 14.7. The summed E-state index contributed by atoms with van der Waals surface area (Å²) in [5.41, 5.74) is 9.58. The third-order valence-electron chi connectivity index (χ3n) is 8.74. The topological polar surface area (TPSA) is 50.7 Å². The van der Waals surface area contributed by atoms with Crippen LogP contribution in [0.4, 0.5) is 0 Å². The Hall–Kier alpha value is -5.19. The molecule has 2 N–H and O–H groups in total. The molecule has 5 aromatic carbocycles. The molecule has 0 heterocycles. The Morgan fingerprint density at radius 3 is 1.71 bits per heavy atom. The fraction of sp³-hybridized carbons (Fsp3) is 0.0732. The number of nitrogens with zero attached hydrogens (tertiary/aromatic N) is 2. The minimum atomic E-state index is -3.24. The molecule has 0 aliphatic heterocycles. The van der Waals surface area contributed by atoms with Gasteiger partial charge in [-0.3, -0.25) is 4.99 Å². The second-order valence-electron chi connectivity index (χ2n) is 11.4. The van der Waals surface area contributed by atoms with Crippen LogP contribution in [0.25, 0.3) is 0 Å². The number of nitrogens with two attached hydrogens (primary N) is 1. The lowest BCUT2D eigenvalue weighted by atomic mass is 10.2. The third kappa shape index (κ3) is 5.85. The number of rotatable bonds is 8. The number of hydrogen-bond donors (Lipinski definition) is 2. The Labute approximate surface area is 267 Å². The molecule has 6 rings (SSSR count). The predicted molar refractivity (Wildman–Crippen MR) is 193 cm³/mol. The monoisotopic (exact) mass is 605 g/mol. The minimum Gasteiger partial charge on any atom is -0.383 e. The van der Waals surface area contributed by atoms with Crippen LogP contribution in [-0.2, 0) is 0 Å². The maximum Gasteiger partial charge on any atom is 0.157 e. The highest BCUT2D eigenvalue weighted by Gasteiger charge is 2.44. The van der Waals surface area contributed by atoms with Crippen molar-refractivity contribution in [3.8, 4) is 0 Å². The van der Waals surface area contributed by atoms with E-state index in [2.05, 4.69) is 152 Å². The van der Waals surface area contributed by atoms with Crippen LogP contribution < -0.4 is 5.73 Å². The van der Waals surface area contributed by atoms with E-state index in [0.29, 0.717) is 18.2 Å². The first-order chi connectivity index (χ1) is 22.1. The van der Waals surface area contributed by atoms with Crippen molar-refractivity contribution in [2.75, 3.05) is 12.8 Å².